The highest BCUT2D eigenvalue weighted by atomic mass is 16.1. The van der Waals surface area contributed by atoms with Gasteiger partial charge in [-0.25, -0.2) is 0 Å². The fourth-order valence-electron chi connectivity index (χ4n) is 2.42. The number of amides is 1. The van der Waals surface area contributed by atoms with E-state index in [1.54, 1.807) is 24.3 Å². The van der Waals surface area contributed by atoms with E-state index in [1.807, 2.05) is 0 Å². The molecule has 17 heavy (non-hydrogen) atoms. The summed E-state index contributed by atoms with van der Waals surface area (Å²) in [7, 11) is 0. The number of carbonyl (C=O) groups excluding carboxylic acids is 1. The number of anilines is 1. The quantitative estimate of drug-likeness (QED) is 0.770. The first-order valence-corrected chi connectivity index (χ1v) is 6.33. The van der Waals surface area contributed by atoms with Crippen LogP contribution >= 0.6 is 0 Å². The normalized spacial score (nSPS) is 24.3. The molecule has 0 spiro atoms. The molecule has 3 nitrogen and oxygen atoms in total. The van der Waals surface area contributed by atoms with Gasteiger partial charge in [-0.2, -0.15) is 0 Å². The summed E-state index contributed by atoms with van der Waals surface area (Å²) in [4.78, 5) is 12.0. The Morgan fingerprint density at radius 3 is 2.53 bits per heavy atom. The molecule has 0 saturated heterocycles. The molecular formula is C14H20N2O. The molecule has 0 aliphatic heterocycles. The van der Waals surface area contributed by atoms with E-state index in [1.165, 1.54) is 19.3 Å². The molecule has 0 radical (unpaired) electrons. The van der Waals surface area contributed by atoms with Crippen molar-refractivity contribution in [2.24, 2.45) is 5.92 Å². The zero-order valence-electron chi connectivity index (χ0n) is 10.3. The van der Waals surface area contributed by atoms with Crippen molar-refractivity contribution >= 4 is 11.6 Å². The molecule has 1 aromatic carbocycles. The third-order valence-electron chi connectivity index (χ3n) is 3.60. The van der Waals surface area contributed by atoms with Gasteiger partial charge in [0.2, 0.25) is 0 Å². The Morgan fingerprint density at radius 2 is 1.88 bits per heavy atom. The standard InChI is InChI=1S/C14H20N2O/c1-10-4-2-3-5-13(10)16-14(17)11-6-8-12(15)9-7-11/h6-10,13H,2-5,15H2,1H3,(H,16,17)/t10-,13+/m1/s1. The Labute approximate surface area is 102 Å². The zero-order valence-corrected chi connectivity index (χ0v) is 10.3. The van der Waals surface area contributed by atoms with Crippen LogP contribution in [0.25, 0.3) is 0 Å². The second kappa shape index (κ2) is 5.21. The molecule has 0 unspecified atom stereocenters. The van der Waals surface area contributed by atoms with Gasteiger partial charge in [-0.15, -0.1) is 0 Å². The maximum Gasteiger partial charge on any atom is 0.251 e. The van der Waals surface area contributed by atoms with Gasteiger partial charge in [-0.05, 0) is 43.0 Å². The maximum absolute atomic E-state index is 12.0. The number of rotatable bonds is 2. The topological polar surface area (TPSA) is 55.1 Å². The van der Waals surface area contributed by atoms with Crippen molar-refractivity contribution in [3.05, 3.63) is 29.8 Å². The molecule has 1 aliphatic rings. The van der Waals surface area contributed by atoms with Crippen LogP contribution in [0.15, 0.2) is 24.3 Å². The Morgan fingerprint density at radius 1 is 1.24 bits per heavy atom. The lowest BCUT2D eigenvalue weighted by atomic mass is 9.86. The predicted octanol–water partition coefficient (Wildman–Crippen LogP) is 2.58. The highest BCUT2D eigenvalue weighted by molar-refractivity contribution is 5.94. The minimum Gasteiger partial charge on any atom is -0.399 e. The summed E-state index contributed by atoms with van der Waals surface area (Å²) in [6.07, 6.45) is 4.82. The summed E-state index contributed by atoms with van der Waals surface area (Å²) in [6, 6.07) is 7.41. The van der Waals surface area contributed by atoms with Crippen LogP contribution in [0, 0.1) is 5.92 Å². The van der Waals surface area contributed by atoms with Gasteiger partial charge in [0.25, 0.3) is 5.91 Å². The molecular weight excluding hydrogens is 212 g/mol. The SMILES string of the molecule is C[C@@H]1CCCC[C@@H]1NC(=O)c1ccc(N)cc1. The molecule has 1 saturated carbocycles. The third-order valence-corrected chi connectivity index (χ3v) is 3.60. The fraction of sp³-hybridized carbons (Fsp3) is 0.500. The monoisotopic (exact) mass is 232 g/mol. The zero-order chi connectivity index (χ0) is 12.3. The van der Waals surface area contributed by atoms with Gasteiger partial charge in [0.1, 0.15) is 0 Å². The first-order chi connectivity index (χ1) is 8.16. The smallest absolute Gasteiger partial charge is 0.251 e. The van der Waals surface area contributed by atoms with Crippen molar-refractivity contribution < 1.29 is 4.79 Å². The van der Waals surface area contributed by atoms with Gasteiger partial charge in [0, 0.05) is 17.3 Å². The van der Waals surface area contributed by atoms with Crippen LogP contribution in [0.5, 0.6) is 0 Å². The summed E-state index contributed by atoms with van der Waals surface area (Å²) in [5.74, 6) is 0.602. The van der Waals surface area contributed by atoms with Gasteiger partial charge >= 0.3 is 0 Å². The number of benzene rings is 1. The van der Waals surface area contributed by atoms with Crippen molar-refractivity contribution in [1.82, 2.24) is 5.32 Å². The number of nitrogens with one attached hydrogen (secondary N) is 1. The van der Waals surface area contributed by atoms with Crippen molar-refractivity contribution in [2.75, 3.05) is 5.73 Å². The largest absolute Gasteiger partial charge is 0.399 e. The van der Waals surface area contributed by atoms with Crippen LogP contribution in [-0.4, -0.2) is 11.9 Å². The Hall–Kier alpha value is -1.51. The average molecular weight is 232 g/mol. The average Bonchev–Trinajstić information content (AvgIpc) is 2.33. The molecule has 92 valence electrons. The molecule has 1 aliphatic carbocycles. The molecule has 0 bridgehead atoms. The van der Waals surface area contributed by atoms with E-state index in [0.29, 0.717) is 23.2 Å². The summed E-state index contributed by atoms with van der Waals surface area (Å²) in [5.41, 5.74) is 6.98. The lowest BCUT2D eigenvalue weighted by Crippen LogP contribution is -2.41. The number of hydrogen-bond acceptors (Lipinski definition) is 2. The molecule has 1 fully saturated rings. The minimum atomic E-state index is 0.0174. The fourth-order valence-corrected chi connectivity index (χ4v) is 2.42. The third kappa shape index (κ3) is 2.99. The lowest BCUT2D eigenvalue weighted by Gasteiger charge is -2.29. The highest BCUT2D eigenvalue weighted by Crippen LogP contribution is 2.24. The molecule has 0 heterocycles. The Balaban J connectivity index is 1.98. The summed E-state index contributed by atoms with van der Waals surface area (Å²) >= 11 is 0. The first-order valence-electron chi connectivity index (χ1n) is 6.33. The molecule has 3 heteroatoms. The molecule has 0 aromatic heterocycles. The van der Waals surface area contributed by atoms with Gasteiger partial charge in [-0.1, -0.05) is 19.8 Å². The number of hydrogen-bond donors (Lipinski definition) is 2. The van der Waals surface area contributed by atoms with Crippen LogP contribution in [0.3, 0.4) is 0 Å². The van der Waals surface area contributed by atoms with Gasteiger partial charge in [-0.3, -0.25) is 4.79 Å². The first kappa shape index (κ1) is 12.0. The van der Waals surface area contributed by atoms with E-state index >= 15 is 0 Å². The predicted molar refractivity (Wildman–Crippen MR) is 69.7 cm³/mol. The second-order valence-corrected chi connectivity index (χ2v) is 4.96. The summed E-state index contributed by atoms with van der Waals surface area (Å²) in [6.45, 7) is 2.22. The molecule has 1 amide bonds. The van der Waals surface area contributed by atoms with Crippen molar-refractivity contribution in [2.45, 2.75) is 38.6 Å². The van der Waals surface area contributed by atoms with E-state index in [0.717, 1.165) is 6.42 Å². The van der Waals surface area contributed by atoms with Crippen LogP contribution in [0.1, 0.15) is 43.0 Å². The van der Waals surface area contributed by atoms with Gasteiger partial charge in [0.05, 0.1) is 0 Å². The summed E-state index contributed by atoms with van der Waals surface area (Å²) < 4.78 is 0. The highest BCUT2D eigenvalue weighted by Gasteiger charge is 2.22. The van der Waals surface area contributed by atoms with E-state index in [-0.39, 0.29) is 5.91 Å². The maximum atomic E-state index is 12.0. The second-order valence-electron chi connectivity index (χ2n) is 4.96. The van der Waals surface area contributed by atoms with Crippen molar-refractivity contribution in [3.63, 3.8) is 0 Å². The molecule has 2 atom stereocenters. The molecule has 2 rings (SSSR count). The van der Waals surface area contributed by atoms with E-state index in [4.69, 9.17) is 5.73 Å². The van der Waals surface area contributed by atoms with E-state index in [2.05, 4.69) is 12.2 Å². The number of nitrogens with two attached hydrogens (primary N) is 1. The van der Waals surface area contributed by atoms with Crippen LogP contribution in [0.2, 0.25) is 0 Å². The summed E-state index contributed by atoms with van der Waals surface area (Å²) in [5, 5.41) is 3.12. The lowest BCUT2D eigenvalue weighted by molar-refractivity contribution is 0.0910. The van der Waals surface area contributed by atoms with E-state index < -0.39 is 0 Å². The van der Waals surface area contributed by atoms with Crippen LogP contribution < -0.4 is 11.1 Å². The van der Waals surface area contributed by atoms with E-state index in [9.17, 15) is 4.79 Å². The van der Waals surface area contributed by atoms with Gasteiger partial charge in [0.15, 0.2) is 0 Å². The molecule has 1 aromatic rings. The Bertz CT molecular complexity index is 386. The van der Waals surface area contributed by atoms with Crippen molar-refractivity contribution in [3.8, 4) is 0 Å². The van der Waals surface area contributed by atoms with Gasteiger partial charge < -0.3 is 11.1 Å². The number of nitrogen functional groups attached to an aromatic ring is 1. The Kier molecular flexibility index (Phi) is 3.67. The van der Waals surface area contributed by atoms with Crippen LogP contribution in [-0.2, 0) is 0 Å². The minimum absolute atomic E-state index is 0.0174. The number of carbonyl (C=O) groups is 1. The van der Waals surface area contributed by atoms with Crippen molar-refractivity contribution in [1.29, 1.82) is 0 Å². The molecule has 3 N–H and O–H groups in total. The van der Waals surface area contributed by atoms with Crippen LogP contribution in [0.4, 0.5) is 5.69 Å².